The fourth-order valence-electron chi connectivity index (χ4n) is 2.99. The van der Waals surface area contributed by atoms with Crippen LogP contribution in [0.5, 0.6) is 0 Å². The van der Waals surface area contributed by atoms with Crippen LogP contribution in [0.1, 0.15) is 25.3 Å². The van der Waals surface area contributed by atoms with Crippen molar-refractivity contribution in [2.75, 3.05) is 12.8 Å². The van der Waals surface area contributed by atoms with Gasteiger partial charge in [0.1, 0.15) is 6.04 Å². The molecular formula is C14H18N2O2S2. The molecule has 1 aromatic heterocycles. The van der Waals surface area contributed by atoms with Crippen molar-refractivity contribution < 1.29 is 9.59 Å². The van der Waals surface area contributed by atoms with Crippen LogP contribution in [0.15, 0.2) is 16.8 Å². The summed E-state index contributed by atoms with van der Waals surface area (Å²) in [5.74, 6) is 0.900. The van der Waals surface area contributed by atoms with Gasteiger partial charge in [0.25, 0.3) is 0 Å². The Labute approximate surface area is 127 Å². The van der Waals surface area contributed by atoms with E-state index >= 15 is 0 Å². The fourth-order valence-corrected chi connectivity index (χ4v) is 5.08. The number of nitrogens with zero attached hydrogens (tertiary/aromatic N) is 2. The predicted molar refractivity (Wildman–Crippen MR) is 81.5 cm³/mol. The molecule has 3 heterocycles. The highest BCUT2D eigenvalue weighted by Crippen LogP contribution is 2.47. The average molecular weight is 310 g/mol. The van der Waals surface area contributed by atoms with Crippen LogP contribution in [0, 0.1) is 0 Å². The number of thiophene rings is 1. The molecule has 2 aliphatic rings. The van der Waals surface area contributed by atoms with Crippen LogP contribution in [0.4, 0.5) is 0 Å². The van der Waals surface area contributed by atoms with E-state index in [1.165, 1.54) is 0 Å². The normalized spacial score (nSPS) is 28.8. The van der Waals surface area contributed by atoms with Gasteiger partial charge in [-0.3, -0.25) is 9.59 Å². The van der Waals surface area contributed by atoms with Gasteiger partial charge in [0.2, 0.25) is 11.8 Å². The number of likely N-dealkylation sites (N-methyl/N-ethyl adjacent to an activating group) is 1. The zero-order valence-corrected chi connectivity index (χ0v) is 13.3. The van der Waals surface area contributed by atoms with Crippen molar-refractivity contribution in [3.05, 3.63) is 22.4 Å². The predicted octanol–water partition coefficient (Wildman–Crippen LogP) is 2.16. The lowest BCUT2D eigenvalue weighted by Crippen LogP contribution is -2.50. The lowest BCUT2D eigenvalue weighted by Gasteiger charge is -2.31. The van der Waals surface area contributed by atoms with Crippen molar-refractivity contribution in [3.63, 3.8) is 0 Å². The molecule has 2 aliphatic heterocycles. The van der Waals surface area contributed by atoms with Crippen molar-refractivity contribution in [1.29, 1.82) is 0 Å². The van der Waals surface area contributed by atoms with Crippen LogP contribution in [0.25, 0.3) is 0 Å². The van der Waals surface area contributed by atoms with Crippen molar-refractivity contribution in [3.8, 4) is 0 Å². The van der Waals surface area contributed by atoms with Crippen LogP contribution >= 0.6 is 23.1 Å². The van der Waals surface area contributed by atoms with E-state index in [1.807, 2.05) is 23.4 Å². The number of hydrogen-bond acceptors (Lipinski definition) is 4. The van der Waals surface area contributed by atoms with Gasteiger partial charge in [-0.2, -0.15) is 11.3 Å². The maximum absolute atomic E-state index is 12.6. The number of amides is 2. The molecule has 2 atom stereocenters. The Kier molecular flexibility index (Phi) is 3.54. The topological polar surface area (TPSA) is 40.6 Å². The van der Waals surface area contributed by atoms with E-state index in [1.54, 1.807) is 28.0 Å². The highest BCUT2D eigenvalue weighted by molar-refractivity contribution is 8.01. The van der Waals surface area contributed by atoms with Gasteiger partial charge in [-0.25, -0.2) is 0 Å². The molecule has 4 nitrogen and oxygen atoms in total. The Bertz CT molecular complexity index is 531. The van der Waals surface area contributed by atoms with Crippen LogP contribution in [0.3, 0.4) is 0 Å². The van der Waals surface area contributed by atoms with E-state index in [9.17, 15) is 9.59 Å². The molecule has 0 spiro atoms. The molecule has 0 aromatic carbocycles. The van der Waals surface area contributed by atoms with Crippen molar-refractivity contribution in [2.45, 2.75) is 37.2 Å². The van der Waals surface area contributed by atoms with Gasteiger partial charge in [0.05, 0.1) is 4.87 Å². The second kappa shape index (κ2) is 5.07. The minimum Gasteiger partial charge on any atom is -0.340 e. The highest BCUT2D eigenvalue weighted by atomic mass is 32.2. The molecule has 0 N–H and O–H groups in total. The van der Waals surface area contributed by atoms with Crippen molar-refractivity contribution in [2.24, 2.45) is 0 Å². The largest absolute Gasteiger partial charge is 0.340 e. The maximum atomic E-state index is 12.6. The molecule has 108 valence electrons. The van der Waals surface area contributed by atoms with Crippen molar-refractivity contribution in [1.82, 2.24) is 9.80 Å². The Morgan fingerprint density at radius 1 is 1.60 bits per heavy atom. The molecule has 2 unspecified atom stereocenters. The quantitative estimate of drug-likeness (QED) is 0.859. The van der Waals surface area contributed by atoms with Crippen LogP contribution < -0.4 is 0 Å². The number of carbonyl (C=O) groups excluding carboxylic acids is 2. The van der Waals surface area contributed by atoms with Gasteiger partial charge in [-0.15, -0.1) is 11.8 Å². The number of rotatable bonds is 3. The third kappa shape index (κ3) is 2.24. The SMILES string of the molecule is CN(Cc1ccsc1)C(=O)C1CSC2(C)CCC(=O)N12. The highest BCUT2D eigenvalue weighted by Gasteiger charge is 2.53. The summed E-state index contributed by atoms with van der Waals surface area (Å²) in [6.07, 6.45) is 1.43. The third-order valence-corrected chi connectivity index (χ3v) is 6.34. The van der Waals surface area contributed by atoms with E-state index < -0.39 is 0 Å². The second-order valence-corrected chi connectivity index (χ2v) is 7.87. The molecule has 2 amide bonds. The molecule has 1 aromatic rings. The average Bonchev–Trinajstić information content (AvgIpc) is 3.08. The standard InChI is InChI=1S/C14H18N2O2S2/c1-14-5-3-12(17)16(14)11(9-20-14)13(18)15(2)7-10-4-6-19-8-10/h4,6,8,11H,3,5,7,9H2,1-2H3. The molecule has 6 heteroatoms. The van der Waals surface area contributed by atoms with Crippen LogP contribution in [0.2, 0.25) is 0 Å². The summed E-state index contributed by atoms with van der Waals surface area (Å²) >= 11 is 3.37. The van der Waals surface area contributed by atoms with E-state index in [0.717, 1.165) is 17.7 Å². The summed E-state index contributed by atoms with van der Waals surface area (Å²) in [5, 5.41) is 4.07. The van der Waals surface area contributed by atoms with E-state index in [-0.39, 0.29) is 22.7 Å². The van der Waals surface area contributed by atoms with E-state index in [0.29, 0.717) is 13.0 Å². The van der Waals surface area contributed by atoms with Gasteiger partial charge >= 0.3 is 0 Å². The zero-order valence-electron chi connectivity index (χ0n) is 11.7. The molecule has 2 saturated heterocycles. The maximum Gasteiger partial charge on any atom is 0.246 e. The molecule has 2 fully saturated rings. The second-order valence-electron chi connectivity index (χ2n) is 5.59. The smallest absolute Gasteiger partial charge is 0.246 e. The Morgan fingerprint density at radius 2 is 2.40 bits per heavy atom. The first-order valence-corrected chi connectivity index (χ1v) is 8.66. The van der Waals surface area contributed by atoms with Crippen LogP contribution in [-0.4, -0.2) is 45.3 Å². The van der Waals surface area contributed by atoms with Gasteiger partial charge in [0.15, 0.2) is 0 Å². The summed E-state index contributed by atoms with van der Waals surface area (Å²) < 4.78 is 0. The summed E-state index contributed by atoms with van der Waals surface area (Å²) in [7, 11) is 1.82. The summed E-state index contributed by atoms with van der Waals surface area (Å²) in [5.41, 5.74) is 1.15. The van der Waals surface area contributed by atoms with Gasteiger partial charge < -0.3 is 9.80 Å². The summed E-state index contributed by atoms with van der Waals surface area (Å²) in [6.45, 7) is 2.69. The first kappa shape index (κ1) is 13.9. The number of carbonyl (C=O) groups is 2. The first-order valence-electron chi connectivity index (χ1n) is 6.73. The monoisotopic (exact) mass is 310 g/mol. The molecule has 3 rings (SSSR count). The number of fused-ring (bicyclic) bond motifs is 1. The molecule has 0 aliphatic carbocycles. The van der Waals surface area contributed by atoms with E-state index in [4.69, 9.17) is 0 Å². The van der Waals surface area contributed by atoms with Gasteiger partial charge in [0, 0.05) is 25.8 Å². The molecule has 20 heavy (non-hydrogen) atoms. The molecule has 0 saturated carbocycles. The lowest BCUT2D eigenvalue weighted by atomic mass is 10.2. The van der Waals surface area contributed by atoms with Crippen LogP contribution in [-0.2, 0) is 16.1 Å². The van der Waals surface area contributed by atoms with Gasteiger partial charge in [-0.05, 0) is 35.7 Å². The van der Waals surface area contributed by atoms with E-state index in [2.05, 4.69) is 12.3 Å². The third-order valence-electron chi connectivity index (χ3n) is 4.11. The summed E-state index contributed by atoms with van der Waals surface area (Å²) in [4.78, 5) is 28.1. The fraction of sp³-hybridized carbons (Fsp3) is 0.571. The Hall–Kier alpha value is -1.01. The number of hydrogen-bond donors (Lipinski definition) is 0. The number of thioether (sulfide) groups is 1. The molecular weight excluding hydrogens is 292 g/mol. The molecule has 0 bridgehead atoms. The molecule has 0 radical (unpaired) electrons. The van der Waals surface area contributed by atoms with Gasteiger partial charge in [-0.1, -0.05) is 0 Å². The minimum absolute atomic E-state index is 0.0580. The minimum atomic E-state index is -0.288. The Morgan fingerprint density at radius 3 is 3.10 bits per heavy atom. The zero-order chi connectivity index (χ0) is 14.3. The summed E-state index contributed by atoms with van der Waals surface area (Å²) in [6, 6.07) is 1.74. The first-order chi connectivity index (χ1) is 9.51. The van der Waals surface area contributed by atoms with Crippen molar-refractivity contribution >= 4 is 34.9 Å². The lowest BCUT2D eigenvalue weighted by molar-refractivity contribution is -0.143. The Balaban J connectivity index is 1.72.